The van der Waals surface area contributed by atoms with Crippen LogP contribution >= 0.6 is 0 Å². The first-order chi connectivity index (χ1) is 12.3. The predicted molar refractivity (Wildman–Crippen MR) is 99.2 cm³/mol. The molecule has 2 heterocycles. The minimum atomic E-state index is 0.594. The topological polar surface area (TPSA) is 49.8 Å². The Balaban J connectivity index is 1.89. The van der Waals surface area contributed by atoms with Gasteiger partial charge in [0.15, 0.2) is 0 Å². The van der Waals surface area contributed by atoms with E-state index in [1.54, 1.807) is 6.07 Å². The summed E-state index contributed by atoms with van der Waals surface area (Å²) in [6.07, 6.45) is 1.83. The van der Waals surface area contributed by atoms with Crippen molar-refractivity contribution in [2.24, 2.45) is 0 Å². The first kappa shape index (κ1) is 13.8. The fraction of sp³-hybridized carbons (Fsp3) is 0. The summed E-state index contributed by atoms with van der Waals surface area (Å²) in [5, 5.41) is 13.4. The molecule has 0 aliphatic carbocycles. The minimum Gasteiger partial charge on any atom is -0.455 e. The van der Waals surface area contributed by atoms with E-state index in [4.69, 9.17) is 9.68 Å². The fourth-order valence-electron chi connectivity index (χ4n) is 3.39. The monoisotopic (exact) mass is 320 g/mol. The van der Waals surface area contributed by atoms with Gasteiger partial charge in [-0.2, -0.15) is 5.26 Å². The Labute approximate surface area is 143 Å². The van der Waals surface area contributed by atoms with Gasteiger partial charge in [0.25, 0.3) is 0 Å². The van der Waals surface area contributed by atoms with Crippen molar-refractivity contribution in [2.75, 3.05) is 0 Å². The molecule has 0 unspecified atom stereocenters. The van der Waals surface area contributed by atoms with E-state index in [-0.39, 0.29) is 0 Å². The number of rotatable bonds is 1. The maximum absolute atomic E-state index is 9.12. The predicted octanol–water partition coefficient (Wildman–Crippen LogP) is 5.67. The number of fused-ring (bicyclic) bond motifs is 4. The van der Waals surface area contributed by atoms with Crippen molar-refractivity contribution >= 4 is 32.7 Å². The molecular formula is C22H12N2O. The number of furan rings is 1. The summed E-state index contributed by atoms with van der Waals surface area (Å²) in [6, 6.07) is 24.0. The van der Waals surface area contributed by atoms with E-state index in [0.717, 1.165) is 44.0 Å². The highest BCUT2D eigenvalue weighted by atomic mass is 16.3. The van der Waals surface area contributed by atoms with E-state index < -0.39 is 0 Å². The first-order valence-electron chi connectivity index (χ1n) is 8.05. The zero-order valence-corrected chi connectivity index (χ0v) is 13.2. The standard InChI is InChI=1S/C22H12N2O/c23-13-14-8-9-17-18-6-3-7-19(22(18)25-20(17)12-14)21-16-5-2-1-4-15(16)10-11-24-21/h1-12H. The molecule has 0 fully saturated rings. The number of aromatic nitrogens is 1. The smallest absolute Gasteiger partial charge is 0.144 e. The molecule has 0 aliphatic heterocycles. The van der Waals surface area contributed by atoms with Crippen molar-refractivity contribution in [1.29, 1.82) is 5.26 Å². The Hall–Kier alpha value is -3.64. The lowest BCUT2D eigenvalue weighted by Crippen LogP contribution is -1.86. The largest absolute Gasteiger partial charge is 0.455 e. The summed E-state index contributed by atoms with van der Waals surface area (Å²) in [5.74, 6) is 0. The van der Waals surface area contributed by atoms with Crippen LogP contribution in [0.2, 0.25) is 0 Å². The maximum Gasteiger partial charge on any atom is 0.144 e. The van der Waals surface area contributed by atoms with Crippen molar-refractivity contribution in [3.8, 4) is 17.3 Å². The molecule has 3 nitrogen and oxygen atoms in total. The van der Waals surface area contributed by atoms with Crippen LogP contribution in [0.1, 0.15) is 5.56 Å². The molecule has 3 aromatic carbocycles. The molecule has 25 heavy (non-hydrogen) atoms. The second kappa shape index (κ2) is 5.19. The third-order valence-electron chi connectivity index (χ3n) is 4.56. The summed E-state index contributed by atoms with van der Waals surface area (Å²) in [7, 11) is 0. The van der Waals surface area contributed by atoms with E-state index in [2.05, 4.69) is 23.2 Å². The molecule has 2 aromatic heterocycles. The van der Waals surface area contributed by atoms with Crippen LogP contribution in [0, 0.1) is 11.3 Å². The Morgan fingerprint density at radius 1 is 0.840 bits per heavy atom. The third-order valence-corrected chi connectivity index (χ3v) is 4.56. The van der Waals surface area contributed by atoms with Crippen LogP contribution in [0.15, 0.2) is 77.3 Å². The number of nitriles is 1. The van der Waals surface area contributed by atoms with Gasteiger partial charge in [-0.1, -0.05) is 36.4 Å². The zero-order valence-electron chi connectivity index (χ0n) is 13.2. The first-order valence-corrected chi connectivity index (χ1v) is 8.05. The Kier molecular flexibility index (Phi) is 2.86. The van der Waals surface area contributed by atoms with Crippen LogP contribution in [-0.2, 0) is 0 Å². The van der Waals surface area contributed by atoms with Gasteiger partial charge in [-0.25, -0.2) is 0 Å². The van der Waals surface area contributed by atoms with Gasteiger partial charge in [0, 0.05) is 27.9 Å². The van der Waals surface area contributed by atoms with Gasteiger partial charge in [0.2, 0.25) is 0 Å². The van der Waals surface area contributed by atoms with Crippen LogP contribution in [-0.4, -0.2) is 4.98 Å². The van der Waals surface area contributed by atoms with E-state index >= 15 is 0 Å². The van der Waals surface area contributed by atoms with Gasteiger partial charge in [-0.05, 0) is 35.7 Å². The lowest BCUT2D eigenvalue weighted by Gasteiger charge is -2.06. The third kappa shape index (κ3) is 2.02. The molecule has 0 saturated heterocycles. The lowest BCUT2D eigenvalue weighted by molar-refractivity contribution is 0.669. The van der Waals surface area contributed by atoms with Crippen molar-refractivity contribution in [2.45, 2.75) is 0 Å². The van der Waals surface area contributed by atoms with E-state index in [0.29, 0.717) is 5.56 Å². The molecular weight excluding hydrogens is 308 g/mol. The molecule has 116 valence electrons. The van der Waals surface area contributed by atoms with Crippen LogP contribution in [0.25, 0.3) is 44.0 Å². The normalized spacial score (nSPS) is 11.2. The average molecular weight is 320 g/mol. The van der Waals surface area contributed by atoms with Crippen molar-refractivity contribution in [1.82, 2.24) is 4.98 Å². The molecule has 0 saturated carbocycles. The number of benzene rings is 3. The number of hydrogen-bond donors (Lipinski definition) is 0. The van der Waals surface area contributed by atoms with E-state index in [1.165, 1.54) is 0 Å². The summed E-state index contributed by atoms with van der Waals surface area (Å²) >= 11 is 0. The summed E-state index contributed by atoms with van der Waals surface area (Å²) < 4.78 is 6.14. The average Bonchev–Trinajstić information content (AvgIpc) is 3.05. The van der Waals surface area contributed by atoms with Crippen LogP contribution in [0.5, 0.6) is 0 Å². The van der Waals surface area contributed by atoms with Gasteiger partial charge in [-0.15, -0.1) is 0 Å². The van der Waals surface area contributed by atoms with Gasteiger partial charge in [0.05, 0.1) is 17.3 Å². The van der Waals surface area contributed by atoms with Crippen LogP contribution < -0.4 is 0 Å². The van der Waals surface area contributed by atoms with Crippen LogP contribution in [0.4, 0.5) is 0 Å². The summed E-state index contributed by atoms with van der Waals surface area (Å²) in [4.78, 5) is 4.62. The number of pyridine rings is 1. The molecule has 5 rings (SSSR count). The number of hydrogen-bond acceptors (Lipinski definition) is 3. The molecule has 5 aromatic rings. The zero-order chi connectivity index (χ0) is 16.8. The van der Waals surface area contributed by atoms with Gasteiger partial charge in [0.1, 0.15) is 11.2 Å². The van der Waals surface area contributed by atoms with Gasteiger partial charge in [-0.3, -0.25) is 4.98 Å². The second-order valence-corrected chi connectivity index (χ2v) is 5.99. The Morgan fingerprint density at radius 3 is 2.64 bits per heavy atom. The fourth-order valence-corrected chi connectivity index (χ4v) is 3.39. The molecule has 0 spiro atoms. The van der Waals surface area contributed by atoms with E-state index in [1.807, 2.05) is 54.7 Å². The SMILES string of the molecule is N#Cc1ccc2c(c1)oc1c(-c3nccc4ccccc34)cccc12. The minimum absolute atomic E-state index is 0.594. The highest BCUT2D eigenvalue weighted by molar-refractivity contribution is 6.11. The molecule has 0 amide bonds. The molecule has 3 heteroatoms. The van der Waals surface area contributed by atoms with Crippen molar-refractivity contribution in [3.05, 3.63) is 78.5 Å². The summed E-state index contributed by atoms with van der Waals surface area (Å²) in [6.45, 7) is 0. The maximum atomic E-state index is 9.12. The van der Waals surface area contributed by atoms with Crippen molar-refractivity contribution < 1.29 is 4.42 Å². The van der Waals surface area contributed by atoms with Gasteiger partial charge >= 0.3 is 0 Å². The molecule has 0 radical (unpaired) electrons. The molecule has 0 bridgehead atoms. The summed E-state index contributed by atoms with van der Waals surface area (Å²) in [5.41, 5.74) is 3.99. The highest BCUT2D eigenvalue weighted by Crippen LogP contribution is 2.37. The van der Waals surface area contributed by atoms with E-state index in [9.17, 15) is 0 Å². The Bertz CT molecular complexity index is 1300. The number of para-hydroxylation sites is 1. The van der Waals surface area contributed by atoms with Crippen LogP contribution in [0.3, 0.4) is 0 Å². The Morgan fingerprint density at radius 2 is 1.72 bits per heavy atom. The molecule has 0 aliphatic rings. The highest BCUT2D eigenvalue weighted by Gasteiger charge is 2.14. The van der Waals surface area contributed by atoms with Gasteiger partial charge < -0.3 is 4.42 Å². The quantitative estimate of drug-likeness (QED) is 0.399. The molecule has 0 N–H and O–H groups in total. The second-order valence-electron chi connectivity index (χ2n) is 5.99. The lowest BCUT2D eigenvalue weighted by atomic mass is 10.0. The number of nitrogens with zero attached hydrogens (tertiary/aromatic N) is 2. The molecule has 0 atom stereocenters. The van der Waals surface area contributed by atoms with Crippen molar-refractivity contribution in [3.63, 3.8) is 0 Å².